The number of nitrogens with zero attached hydrogens (tertiary/aromatic N) is 1. The van der Waals surface area contributed by atoms with Gasteiger partial charge in [0.05, 0.1) is 0 Å². The van der Waals surface area contributed by atoms with E-state index in [-0.39, 0.29) is 5.92 Å². The van der Waals surface area contributed by atoms with Crippen LogP contribution >= 0.6 is 0 Å². The Bertz CT molecular complexity index is 670. The molecule has 4 heteroatoms. The fraction of sp³-hybridized carbons (Fsp3) is 0.708. The molecule has 4 nitrogen and oxygen atoms in total. The minimum Gasteiger partial charge on any atom is -0.353 e. The van der Waals surface area contributed by atoms with E-state index in [0.717, 1.165) is 31.3 Å². The third kappa shape index (κ3) is 3.86. The van der Waals surface area contributed by atoms with Crippen molar-refractivity contribution in [2.45, 2.75) is 63.6 Å². The van der Waals surface area contributed by atoms with Crippen LogP contribution in [0.3, 0.4) is 0 Å². The fourth-order valence-corrected chi connectivity index (χ4v) is 6.46. The second-order valence-electron chi connectivity index (χ2n) is 9.75. The van der Waals surface area contributed by atoms with Gasteiger partial charge in [0.15, 0.2) is 0 Å². The molecule has 2 N–H and O–H groups in total. The number of carbonyl (C=O) groups is 1. The molecule has 5 rings (SSSR count). The van der Waals surface area contributed by atoms with Gasteiger partial charge in [-0.3, -0.25) is 9.69 Å². The Balaban J connectivity index is 1.09. The quantitative estimate of drug-likeness (QED) is 0.823. The Morgan fingerprint density at radius 2 is 1.82 bits per heavy atom. The highest BCUT2D eigenvalue weighted by atomic mass is 16.2. The monoisotopic (exact) mass is 381 g/mol. The van der Waals surface area contributed by atoms with E-state index in [2.05, 4.69) is 45.9 Å². The first-order valence-corrected chi connectivity index (χ1v) is 11.6. The first-order chi connectivity index (χ1) is 13.8. The predicted octanol–water partition coefficient (Wildman–Crippen LogP) is 3.18. The Kier molecular flexibility index (Phi) is 5.43. The lowest BCUT2D eigenvalue weighted by atomic mass is 9.70. The lowest BCUT2D eigenvalue weighted by Gasteiger charge is -2.36. The van der Waals surface area contributed by atoms with Crippen LogP contribution in [0.4, 0.5) is 0 Å². The van der Waals surface area contributed by atoms with E-state index in [0.29, 0.717) is 23.9 Å². The molecule has 1 amide bonds. The lowest BCUT2D eigenvalue weighted by Crippen LogP contribution is -2.40. The Morgan fingerprint density at radius 3 is 2.64 bits per heavy atom. The highest BCUT2D eigenvalue weighted by Gasteiger charge is 2.49. The van der Waals surface area contributed by atoms with E-state index in [1.165, 1.54) is 57.2 Å². The normalized spacial score (nSPS) is 36.1. The summed E-state index contributed by atoms with van der Waals surface area (Å²) in [6, 6.07) is 11.9. The van der Waals surface area contributed by atoms with Gasteiger partial charge in [0, 0.05) is 24.5 Å². The summed E-state index contributed by atoms with van der Waals surface area (Å²) in [7, 11) is 0. The molecule has 1 aromatic carbocycles. The van der Waals surface area contributed by atoms with E-state index in [1.807, 2.05) is 0 Å². The number of benzene rings is 1. The van der Waals surface area contributed by atoms with E-state index in [4.69, 9.17) is 0 Å². The molecule has 4 aliphatic rings. The molecular formula is C24H35N3O. The van der Waals surface area contributed by atoms with Crippen LogP contribution in [0.15, 0.2) is 30.3 Å². The van der Waals surface area contributed by atoms with Crippen molar-refractivity contribution < 1.29 is 4.79 Å². The maximum absolute atomic E-state index is 12.5. The third-order valence-corrected chi connectivity index (χ3v) is 8.11. The molecule has 1 aromatic rings. The zero-order valence-corrected chi connectivity index (χ0v) is 17.0. The predicted molar refractivity (Wildman–Crippen MR) is 112 cm³/mol. The van der Waals surface area contributed by atoms with Crippen LogP contribution in [0.25, 0.3) is 0 Å². The average Bonchev–Trinajstić information content (AvgIpc) is 3.31. The largest absolute Gasteiger partial charge is 0.353 e. The van der Waals surface area contributed by atoms with Gasteiger partial charge in [0.2, 0.25) is 5.91 Å². The van der Waals surface area contributed by atoms with Gasteiger partial charge in [0.25, 0.3) is 0 Å². The Labute approximate surface area is 169 Å². The SMILES string of the molecule is O=C1NC(CCC2CCN(Cc3ccccc3)CC2)C2CC3CCNC3CC12. The molecule has 5 unspecified atom stereocenters. The van der Waals surface area contributed by atoms with Gasteiger partial charge < -0.3 is 10.6 Å². The maximum atomic E-state index is 12.5. The smallest absolute Gasteiger partial charge is 0.223 e. The summed E-state index contributed by atoms with van der Waals surface area (Å²) in [5.74, 6) is 2.89. The second-order valence-corrected chi connectivity index (χ2v) is 9.75. The number of piperidine rings is 1. The van der Waals surface area contributed by atoms with Crippen LogP contribution < -0.4 is 10.6 Å². The number of hydrogen-bond donors (Lipinski definition) is 2. The van der Waals surface area contributed by atoms with Crippen LogP contribution in [0.1, 0.15) is 50.5 Å². The zero-order chi connectivity index (χ0) is 18.9. The molecule has 0 spiro atoms. The first kappa shape index (κ1) is 18.6. The minimum absolute atomic E-state index is 0.282. The van der Waals surface area contributed by atoms with Crippen LogP contribution in [0.2, 0.25) is 0 Å². The summed E-state index contributed by atoms with van der Waals surface area (Å²) in [6.45, 7) is 4.69. The average molecular weight is 382 g/mol. The van der Waals surface area contributed by atoms with Crippen molar-refractivity contribution in [1.82, 2.24) is 15.5 Å². The number of carbonyl (C=O) groups excluding carboxylic acids is 1. The number of rotatable bonds is 5. The first-order valence-electron chi connectivity index (χ1n) is 11.6. The van der Waals surface area contributed by atoms with Gasteiger partial charge in [-0.05, 0) is 87.9 Å². The van der Waals surface area contributed by atoms with Crippen molar-refractivity contribution in [2.24, 2.45) is 23.7 Å². The summed E-state index contributed by atoms with van der Waals surface area (Å²) >= 11 is 0. The highest BCUT2D eigenvalue weighted by molar-refractivity contribution is 5.82. The summed E-state index contributed by atoms with van der Waals surface area (Å²) < 4.78 is 0. The molecule has 3 heterocycles. The molecule has 0 aromatic heterocycles. The minimum atomic E-state index is 0.282. The number of fused-ring (bicyclic) bond motifs is 2. The van der Waals surface area contributed by atoms with Gasteiger partial charge in [0.1, 0.15) is 0 Å². The van der Waals surface area contributed by atoms with E-state index in [1.54, 1.807) is 0 Å². The van der Waals surface area contributed by atoms with Crippen LogP contribution in [-0.4, -0.2) is 42.5 Å². The number of hydrogen-bond acceptors (Lipinski definition) is 3. The molecule has 0 bridgehead atoms. The second kappa shape index (κ2) is 8.16. The standard InChI is InChI=1S/C24H35N3O/c28-24-21-15-23-19(8-11-25-23)14-20(21)22(26-24)7-6-17-9-12-27(13-10-17)16-18-4-2-1-3-5-18/h1-5,17,19-23,25H,6-16H2,(H,26,28). The zero-order valence-electron chi connectivity index (χ0n) is 17.0. The molecule has 28 heavy (non-hydrogen) atoms. The maximum Gasteiger partial charge on any atom is 0.223 e. The Morgan fingerprint density at radius 1 is 1.00 bits per heavy atom. The van der Waals surface area contributed by atoms with Crippen molar-refractivity contribution in [3.63, 3.8) is 0 Å². The van der Waals surface area contributed by atoms with Gasteiger partial charge in [-0.2, -0.15) is 0 Å². The van der Waals surface area contributed by atoms with Crippen molar-refractivity contribution in [1.29, 1.82) is 0 Å². The van der Waals surface area contributed by atoms with Crippen LogP contribution in [0.5, 0.6) is 0 Å². The molecule has 3 saturated heterocycles. The lowest BCUT2D eigenvalue weighted by molar-refractivity contribution is -0.124. The molecule has 152 valence electrons. The molecule has 1 saturated carbocycles. The van der Waals surface area contributed by atoms with Gasteiger partial charge >= 0.3 is 0 Å². The summed E-state index contributed by atoms with van der Waals surface area (Å²) in [5.41, 5.74) is 1.43. The van der Waals surface area contributed by atoms with Crippen molar-refractivity contribution in [3.05, 3.63) is 35.9 Å². The molecule has 0 radical (unpaired) electrons. The fourth-order valence-electron chi connectivity index (χ4n) is 6.46. The topological polar surface area (TPSA) is 44.4 Å². The van der Waals surface area contributed by atoms with Gasteiger partial charge in [-0.1, -0.05) is 30.3 Å². The van der Waals surface area contributed by atoms with Crippen LogP contribution in [-0.2, 0) is 11.3 Å². The molecule has 5 atom stereocenters. The molecule has 3 aliphatic heterocycles. The van der Waals surface area contributed by atoms with E-state index in [9.17, 15) is 4.79 Å². The van der Waals surface area contributed by atoms with Gasteiger partial charge in [-0.15, -0.1) is 0 Å². The summed E-state index contributed by atoms with van der Waals surface area (Å²) in [6.07, 6.45) is 8.78. The van der Waals surface area contributed by atoms with Crippen molar-refractivity contribution in [2.75, 3.05) is 19.6 Å². The van der Waals surface area contributed by atoms with E-state index < -0.39 is 0 Å². The summed E-state index contributed by atoms with van der Waals surface area (Å²) in [5, 5.41) is 7.02. The number of amides is 1. The highest BCUT2D eigenvalue weighted by Crippen LogP contribution is 2.44. The molecular weight excluding hydrogens is 346 g/mol. The third-order valence-electron chi connectivity index (χ3n) is 8.11. The summed E-state index contributed by atoms with van der Waals surface area (Å²) in [4.78, 5) is 15.1. The van der Waals surface area contributed by atoms with E-state index >= 15 is 0 Å². The Hall–Kier alpha value is -1.39. The molecule has 4 fully saturated rings. The number of likely N-dealkylation sites (tertiary alicyclic amines) is 1. The van der Waals surface area contributed by atoms with Gasteiger partial charge in [-0.25, -0.2) is 0 Å². The number of nitrogens with one attached hydrogen (secondary N) is 2. The molecule has 1 aliphatic carbocycles. The van der Waals surface area contributed by atoms with Crippen molar-refractivity contribution in [3.8, 4) is 0 Å². The van der Waals surface area contributed by atoms with Crippen molar-refractivity contribution >= 4 is 5.91 Å². The van der Waals surface area contributed by atoms with Crippen LogP contribution in [0, 0.1) is 23.7 Å².